The fourth-order valence-electron chi connectivity index (χ4n) is 3.38. The summed E-state index contributed by atoms with van der Waals surface area (Å²) in [7, 11) is 0. The fraction of sp³-hybridized carbons (Fsp3) is 0.368. The van der Waals surface area contributed by atoms with Crippen LogP contribution in [0.25, 0.3) is 0 Å². The average molecular weight is 422 g/mol. The summed E-state index contributed by atoms with van der Waals surface area (Å²) >= 11 is 7.36. The molecule has 0 radical (unpaired) electrons. The van der Waals surface area contributed by atoms with Crippen molar-refractivity contribution in [2.45, 2.75) is 38.8 Å². The molecule has 2 amide bonds. The van der Waals surface area contributed by atoms with Crippen molar-refractivity contribution in [1.29, 1.82) is 0 Å². The summed E-state index contributed by atoms with van der Waals surface area (Å²) in [6.45, 7) is 3.95. The van der Waals surface area contributed by atoms with Crippen LogP contribution >= 0.6 is 22.9 Å². The van der Waals surface area contributed by atoms with E-state index in [9.17, 15) is 19.7 Å². The molecule has 0 bridgehead atoms. The van der Waals surface area contributed by atoms with Crippen LogP contribution in [0.4, 0.5) is 5.69 Å². The highest BCUT2D eigenvalue weighted by atomic mass is 35.5. The summed E-state index contributed by atoms with van der Waals surface area (Å²) in [5.74, 6) is -0.496. The molecule has 1 saturated heterocycles. The van der Waals surface area contributed by atoms with Gasteiger partial charge in [0, 0.05) is 28.6 Å². The molecule has 1 aliphatic heterocycles. The number of nitrogens with one attached hydrogen (secondary N) is 1. The van der Waals surface area contributed by atoms with Gasteiger partial charge >= 0.3 is 0 Å². The lowest BCUT2D eigenvalue weighted by Crippen LogP contribution is -2.46. The Labute approximate surface area is 171 Å². The molecule has 2 heterocycles. The first-order valence-electron chi connectivity index (χ1n) is 8.89. The molecular weight excluding hydrogens is 402 g/mol. The van der Waals surface area contributed by atoms with E-state index in [1.165, 1.54) is 29.5 Å². The van der Waals surface area contributed by atoms with Gasteiger partial charge < -0.3 is 10.2 Å². The molecule has 0 saturated carbocycles. The second-order valence-corrected chi connectivity index (χ2v) is 8.53. The normalized spacial score (nSPS) is 17.4. The van der Waals surface area contributed by atoms with Gasteiger partial charge in [0.2, 0.25) is 5.91 Å². The third-order valence-electron chi connectivity index (χ3n) is 4.84. The van der Waals surface area contributed by atoms with Crippen molar-refractivity contribution in [2.75, 3.05) is 6.54 Å². The molecule has 0 spiro atoms. The summed E-state index contributed by atoms with van der Waals surface area (Å²) in [6, 6.07) is 7.17. The van der Waals surface area contributed by atoms with Gasteiger partial charge in [-0.15, -0.1) is 11.3 Å². The van der Waals surface area contributed by atoms with E-state index in [4.69, 9.17) is 11.6 Å². The van der Waals surface area contributed by atoms with Gasteiger partial charge in [-0.25, -0.2) is 0 Å². The first kappa shape index (κ1) is 20.3. The number of hydrogen-bond acceptors (Lipinski definition) is 5. The maximum absolute atomic E-state index is 12.9. The van der Waals surface area contributed by atoms with Crippen LogP contribution in [0.15, 0.2) is 30.3 Å². The van der Waals surface area contributed by atoms with Crippen LogP contribution in [0.1, 0.15) is 46.6 Å². The number of carbonyl (C=O) groups is 2. The number of carbonyl (C=O) groups excluding carboxylic acids is 2. The van der Waals surface area contributed by atoms with E-state index in [0.29, 0.717) is 28.4 Å². The van der Waals surface area contributed by atoms with E-state index in [1.807, 2.05) is 13.0 Å². The SMILES string of the molecule is Cc1cc(C(=O)N2CCCC2C(=O)NC(C)c2ccc(Cl)s2)ccc1[N+](=O)[O-]. The topological polar surface area (TPSA) is 92.6 Å². The lowest BCUT2D eigenvalue weighted by molar-refractivity contribution is -0.385. The van der Waals surface area contributed by atoms with Gasteiger partial charge in [-0.1, -0.05) is 11.6 Å². The van der Waals surface area contributed by atoms with Crippen molar-refractivity contribution in [2.24, 2.45) is 0 Å². The van der Waals surface area contributed by atoms with E-state index in [2.05, 4.69) is 5.32 Å². The van der Waals surface area contributed by atoms with Crippen LogP contribution in [0, 0.1) is 17.0 Å². The third-order valence-corrected chi connectivity index (χ3v) is 6.25. The van der Waals surface area contributed by atoms with Crippen LogP contribution in [0.5, 0.6) is 0 Å². The molecule has 2 unspecified atom stereocenters. The van der Waals surface area contributed by atoms with Gasteiger partial charge in [0.1, 0.15) is 6.04 Å². The van der Waals surface area contributed by atoms with Crippen molar-refractivity contribution in [3.8, 4) is 0 Å². The standard InChI is InChI=1S/C19H20ClN3O4S/c1-11-10-13(5-6-14(11)23(26)27)19(25)22-9-3-4-15(22)18(24)21-12(2)16-7-8-17(20)28-16/h5-8,10,12,15H,3-4,9H2,1-2H3,(H,21,24). The smallest absolute Gasteiger partial charge is 0.272 e. The fourth-order valence-corrected chi connectivity index (χ4v) is 4.45. The molecule has 0 aliphatic carbocycles. The summed E-state index contributed by atoms with van der Waals surface area (Å²) in [5.41, 5.74) is 0.732. The van der Waals surface area contributed by atoms with Gasteiger partial charge in [0.15, 0.2) is 0 Å². The number of nitro benzene ring substituents is 1. The lowest BCUT2D eigenvalue weighted by Gasteiger charge is -2.25. The van der Waals surface area contributed by atoms with Crippen molar-refractivity contribution in [3.05, 3.63) is 60.8 Å². The molecule has 28 heavy (non-hydrogen) atoms. The van der Waals surface area contributed by atoms with Crippen LogP contribution in [-0.2, 0) is 4.79 Å². The maximum atomic E-state index is 12.9. The minimum absolute atomic E-state index is 0.0318. The molecule has 148 valence electrons. The van der Waals surface area contributed by atoms with Gasteiger partial charge in [-0.05, 0) is 51.0 Å². The zero-order chi connectivity index (χ0) is 20.4. The number of nitro groups is 1. The van der Waals surface area contributed by atoms with E-state index in [0.717, 1.165) is 11.3 Å². The van der Waals surface area contributed by atoms with Crippen molar-refractivity contribution >= 4 is 40.4 Å². The van der Waals surface area contributed by atoms with Gasteiger partial charge in [-0.2, -0.15) is 0 Å². The monoisotopic (exact) mass is 421 g/mol. The Morgan fingerprint density at radius 1 is 1.36 bits per heavy atom. The molecule has 2 atom stereocenters. The molecule has 3 rings (SSSR count). The Balaban J connectivity index is 1.73. The van der Waals surface area contributed by atoms with Crippen LogP contribution in [0.2, 0.25) is 4.34 Å². The van der Waals surface area contributed by atoms with Crippen molar-refractivity contribution in [1.82, 2.24) is 10.2 Å². The van der Waals surface area contributed by atoms with Crippen LogP contribution in [0.3, 0.4) is 0 Å². The van der Waals surface area contributed by atoms with E-state index < -0.39 is 11.0 Å². The molecule has 9 heteroatoms. The number of aryl methyl sites for hydroxylation is 1. The number of halogens is 1. The average Bonchev–Trinajstić information content (AvgIpc) is 3.29. The highest BCUT2D eigenvalue weighted by molar-refractivity contribution is 7.16. The first-order chi connectivity index (χ1) is 13.3. The molecule has 1 N–H and O–H groups in total. The second-order valence-electron chi connectivity index (χ2n) is 6.79. The summed E-state index contributed by atoms with van der Waals surface area (Å²) < 4.78 is 0.655. The zero-order valence-corrected chi connectivity index (χ0v) is 17.0. The van der Waals surface area contributed by atoms with Gasteiger partial charge in [0.05, 0.1) is 15.3 Å². The molecule has 1 fully saturated rings. The van der Waals surface area contributed by atoms with Crippen molar-refractivity contribution in [3.63, 3.8) is 0 Å². The van der Waals surface area contributed by atoms with Crippen LogP contribution in [-0.4, -0.2) is 34.2 Å². The van der Waals surface area contributed by atoms with Crippen molar-refractivity contribution < 1.29 is 14.5 Å². The molecule has 2 aromatic rings. The number of thiophene rings is 1. The first-order valence-corrected chi connectivity index (χ1v) is 10.1. The number of likely N-dealkylation sites (tertiary alicyclic amines) is 1. The lowest BCUT2D eigenvalue weighted by atomic mass is 10.1. The molecule has 1 aromatic carbocycles. The van der Waals surface area contributed by atoms with Gasteiger partial charge in [0.25, 0.3) is 11.6 Å². The molecule has 1 aliphatic rings. The minimum Gasteiger partial charge on any atom is -0.347 e. The predicted octanol–water partition coefficient (Wildman–Crippen LogP) is 4.10. The van der Waals surface area contributed by atoms with Crippen LogP contribution < -0.4 is 5.32 Å². The van der Waals surface area contributed by atoms with E-state index in [-0.39, 0.29) is 23.5 Å². The summed E-state index contributed by atoms with van der Waals surface area (Å²) in [5, 5.41) is 13.9. The second kappa shape index (κ2) is 8.28. The number of rotatable bonds is 5. The molecular formula is C19H20ClN3O4S. The summed E-state index contributed by atoms with van der Waals surface area (Å²) in [6.07, 6.45) is 1.32. The highest BCUT2D eigenvalue weighted by Crippen LogP contribution is 2.28. The molecule has 1 aromatic heterocycles. The Morgan fingerprint density at radius 3 is 2.71 bits per heavy atom. The Hall–Kier alpha value is -2.45. The predicted molar refractivity (Wildman–Crippen MR) is 108 cm³/mol. The summed E-state index contributed by atoms with van der Waals surface area (Å²) in [4.78, 5) is 38.7. The van der Waals surface area contributed by atoms with E-state index in [1.54, 1.807) is 17.9 Å². The number of nitrogens with zero attached hydrogens (tertiary/aromatic N) is 2. The van der Waals surface area contributed by atoms with E-state index >= 15 is 0 Å². The van der Waals surface area contributed by atoms with Gasteiger partial charge in [-0.3, -0.25) is 19.7 Å². The third kappa shape index (κ3) is 4.18. The highest BCUT2D eigenvalue weighted by Gasteiger charge is 2.35. The quantitative estimate of drug-likeness (QED) is 0.581. The Morgan fingerprint density at radius 2 is 2.11 bits per heavy atom. The molecule has 7 nitrogen and oxygen atoms in total. The minimum atomic E-state index is -0.555. The number of hydrogen-bond donors (Lipinski definition) is 1. The maximum Gasteiger partial charge on any atom is 0.272 e. The number of benzene rings is 1. The Bertz CT molecular complexity index is 930. The Kier molecular flexibility index (Phi) is 6.00. The zero-order valence-electron chi connectivity index (χ0n) is 15.5. The largest absolute Gasteiger partial charge is 0.347 e. The number of amides is 2.